The van der Waals surface area contributed by atoms with E-state index in [1.807, 2.05) is 24.3 Å². The Morgan fingerprint density at radius 1 is 1.33 bits per heavy atom. The lowest BCUT2D eigenvalue weighted by Gasteiger charge is -2.34. The topological polar surface area (TPSA) is 52.7 Å². The lowest BCUT2D eigenvalue weighted by molar-refractivity contribution is -0.145. The molecule has 1 N–H and O–H groups in total. The minimum atomic E-state index is 0.0112. The number of rotatable bonds is 5. The van der Waals surface area contributed by atoms with Crippen molar-refractivity contribution in [3.63, 3.8) is 0 Å². The highest BCUT2D eigenvalue weighted by Crippen LogP contribution is 2.17. The Hall–Kier alpha value is -1.59. The van der Waals surface area contributed by atoms with Gasteiger partial charge in [0.15, 0.2) is 0 Å². The second-order valence-corrected chi connectivity index (χ2v) is 7.09. The van der Waals surface area contributed by atoms with Crippen molar-refractivity contribution in [1.29, 1.82) is 0 Å². The summed E-state index contributed by atoms with van der Waals surface area (Å²) in [5, 5.41) is 4.00. The van der Waals surface area contributed by atoms with Crippen molar-refractivity contribution in [3.8, 4) is 0 Å². The molecule has 3 rings (SSSR count). The van der Waals surface area contributed by atoms with E-state index in [0.29, 0.717) is 37.0 Å². The van der Waals surface area contributed by atoms with Gasteiger partial charge in [-0.25, -0.2) is 0 Å². The zero-order chi connectivity index (χ0) is 16.9. The number of carbonyl (C=O) groups is 2. The van der Waals surface area contributed by atoms with Crippen LogP contribution in [0.2, 0.25) is 5.02 Å². The van der Waals surface area contributed by atoms with Gasteiger partial charge in [0.25, 0.3) is 0 Å². The predicted octanol–water partition coefficient (Wildman–Crippen LogP) is 1.90. The smallest absolute Gasteiger partial charge is 0.242 e. The average molecular weight is 350 g/mol. The maximum atomic E-state index is 12.3. The fourth-order valence-electron chi connectivity index (χ4n) is 3.39. The summed E-state index contributed by atoms with van der Waals surface area (Å²) in [6.07, 6.45) is 2.62. The molecule has 1 aromatic carbocycles. The molecular formula is C18H24ClN3O2. The van der Waals surface area contributed by atoms with E-state index in [-0.39, 0.29) is 18.4 Å². The number of halogens is 1. The lowest BCUT2D eigenvalue weighted by atomic mass is 10.0. The molecule has 1 unspecified atom stereocenters. The Labute approximate surface area is 147 Å². The molecular weight excluding hydrogens is 326 g/mol. The molecule has 0 radical (unpaired) electrons. The Kier molecular flexibility index (Phi) is 5.74. The summed E-state index contributed by atoms with van der Waals surface area (Å²) in [7, 11) is 0. The number of benzene rings is 1. The van der Waals surface area contributed by atoms with Crippen molar-refractivity contribution in [2.45, 2.75) is 25.8 Å². The minimum absolute atomic E-state index is 0.0112. The van der Waals surface area contributed by atoms with E-state index in [4.69, 9.17) is 11.6 Å². The first-order chi connectivity index (χ1) is 11.6. The van der Waals surface area contributed by atoms with Crippen LogP contribution >= 0.6 is 11.6 Å². The average Bonchev–Trinajstić information content (AvgIpc) is 3.08. The first-order valence-electron chi connectivity index (χ1n) is 8.62. The molecule has 0 bridgehead atoms. The van der Waals surface area contributed by atoms with Crippen LogP contribution in [0, 0.1) is 5.92 Å². The van der Waals surface area contributed by atoms with Crippen molar-refractivity contribution < 1.29 is 9.59 Å². The van der Waals surface area contributed by atoms with E-state index < -0.39 is 0 Å². The van der Waals surface area contributed by atoms with Crippen LogP contribution < -0.4 is 5.32 Å². The van der Waals surface area contributed by atoms with Crippen molar-refractivity contribution in [3.05, 3.63) is 34.9 Å². The second-order valence-electron chi connectivity index (χ2n) is 6.66. The van der Waals surface area contributed by atoms with Crippen LogP contribution in [0.25, 0.3) is 0 Å². The molecule has 0 aliphatic carbocycles. The molecule has 2 aliphatic heterocycles. The molecule has 1 atom stereocenters. The van der Waals surface area contributed by atoms with Gasteiger partial charge in [-0.2, -0.15) is 0 Å². The molecule has 2 heterocycles. The molecule has 0 saturated carbocycles. The quantitative estimate of drug-likeness (QED) is 0.883. The molecule has 6 heteroatoms. The van der Waals surface area contributed by atoms with E-state index in [0.717, 1.165) is 31.5 Å². The third-order valence-corrected chi connectivity index (χ3v) is 5.10. The highest BCUT2D eigenvalue weighted by atomic mass is 35.5. The fraction of sp³-hybridized carbons (Fsp3) is 0.556. The van der Waals surface area contributed by atoms with Crippen LogP contribution in [0.3, 0.4) is 0 Å². The van der Waals surface area contributed by atoms with Crippen LogP contribution in [-0.2, 0) is 16.1 Å². The minimum Gasteiger partial charge on any atom is -0.335 e. The fourth-order valence-corrected chi connectivity index (χ4v) is 3.60. The van der Waals surface area contributed by atoms with Crippen LogP contribution in [0.4, 0.5) is 0 Å². The molecule has 0 aromatic heterocycles. The van der Waals surface area contributed by atoms with Crippen LogP contribution in [-0.4, -0.2) is 54.3 Å². The van der Waals surface area contributed by atoms with Crippen LogP contribution in [0.5, 0.6) is 0 Å². The van der Waals surface area contributed by atoms with Gasteiger partial charge < -0.3 is 15.1 Å². The normalized spacial score (nSPS) is 21.4. The first kappa shape index (κ1) is 17.2. The molecule has 5 nitrogen and oxygen atoms in total. The molecule has 130 valence electrons. The first-order valence-corrected chi connectivity index (χ1v) is 9.00. The molecule has 2 saturated heterocycles. The van der Waals surface area contributed by atoms with Gasteiger partial charge in [0.2, 0.25) is 11.8 Å². The molecule has 0 spiro atoms. The largest absolute Gasteiger partial charge is 0.335 e. The van der Waals surface area contributed by atoms with E-state index >= 15 is 0 Å². The Balaban J connectivity index is 1.47. The highest BCUT2D eigenvalue weighted by molar-refractivity contribution is 6.30. The number of nitrogens with zero attached hydrogens (tertiary/aromatic N) is 2. The molecule has 2 fully saturated rings. The number of carbonyl (C=O) groups excluding carboxylic acids is 2. The van der Waals surface area contributed by atoms with Crippen molar-refractivity contribution in [1.82, 2.24) is 15.1 Å². The SMILES string of the molecule is O=C(CCC1CCNC1)N1CCN(Cc2cccc(Cl)c2)C(=O)C1. The van der Waals surface area contributed by atoms with Crippen LogP contribution in [0.15, 0.2) is 24.3 Å². The summed E-state index contributed by atoms with van der Waals surface area (Å²) in [5.41, 5.74) is 1.02. The van der Waals surface area contributed by atoms with Gasteiger partial charge in [0, 0.05) is 31.1 Å². The Morgan fingerprint density at radius 2 is 2.21 bits per heavy atom. The third kappa shape index (κ3) is 4.48. The van der Waals surface area contributed by atoms with Crippen molar-refractivity contribution >= 4 is 23.4 Å². The molecule has 2 amide bonds. The molecule has 1 aromatic rings. The zero-order valence-corrected chi connectivity index (χ0v) is 14.6. The summed E-state index contributed by atoms with van der Waals surface area (Å²) in [6, 6.07) is 7.55. The third-order valence-electron chi connectivity index (χ3n) is 4.86. The van der Waals surface area contributed by atoms with Gasteiger partial charge in [-0.1, -0.05) is 23.7 Å². The van der Waals surface area contributed by atoms with E-state index in [2.05, 4.69) is 5.32 Å². The standard InChI is InChI=1S/C18H24ClN3O2/c19-16-3-1-2-15(10-16)12-21-8-9-22(13-18(21)24)17(23)5-4-14-6-7-20-11-14/h1-3,10,14,20H,4-9,11-13H2. The van der Waals surface area contributed by atoms with E-state index in [1.165, 1.54) is 0 Å². The second kappa shape index (κ2) is 7.99. The van der Waals surface area contributed by atoms with Crippen LogP contribution in [0.1, 0.15) is 24.8 Å². The molecule has 2 aliphatic rings. The Morgan fingerprint density at radius 3 is 2.92 bits per heavy atom. The summed E-state index contributed by atoms with van der Waals surface area (Å²) in [4.78, 5) is 28.2. The maximum absolute atomic E-state index is 12.3. The lowest BCUT2D eigenvalue weighted by Crippen LogP contribution is -2.51. The summed E-state index contributed by atoms with van der Waals surface area (Å²) in [6.45, 7) is 4.02. The van der Waals surface area contributed by atoms with Gasteiger partial charge in [-0.3, -0.25) is 9.59 Å². The van der Waals surface area contributed by atoms with Gasteiger partial charge in [0.05, 0.1) is 6.54 Å². The van der Waals surface area contributed by atoms with E-state index in [1.54, 1.807) is 9.80 Å². The Bertz CT molecular complexity index is 602. The number of piperazine rings is 1. The number of hydrogen-bond donors (Lipinski definition) is 1. The van der Waals surface area contributed by atoms with Gasteiger partial charge in [-0.05, 0) is 49.5 Å². The van der Waals surface area contributed by atoms with Crippen molar-refractivity contribution in [2.75, 3.05) is 32.7 Å². The number of hydrogen-bond acceptors (Lipinski definition) is 3. The summed E-state index contributed by atoms with van der Waals surface area (Å²) < 4.78 is 0. The molecule has 24 heavy (non-hydrogen) atoms. The number of nitrogens with one attached hydrogen (secondary N) is 1. The van der Waals surface area contributed by atoms with E-state index in [9.17, 15) is 9.59 Å². The van der Waals surface area contributed by atoms with Gasteiger partial charge in [-0.15, -0.1) is 0 Å². The monoisotopic (exact) mass is 349 g/mol. The van der Waals surface area contributed by atoms with Crippen molar-refractivity contribution in [2.24, 2.45) is 5.92 Å². The number of amides is 2. The maximum Gasteiger partial charge on any atom is 0.242 e. The summed E-state index contributed by atoms with van der Waals surface area (Å²) >= 11 is 5.99. The highest BCUT2D eigenvalue weighted by Gasteiger charge is 2.27. The van der Waals surface area contributed by atoms with Gasteiger partial charge in [0.1, 0.15) is 0 Å². The van der Waals surface area contributed by atoms with Gasteiger partial charge >= 0.3 is 0 Å². The predicted molar refractivity (Wildman–Crippen MR) is 93.7 cm³/mol. The summed E-state index contributed by atoms with van der Waals surface area (Å²) in [5.74, 6) is 0.725. The zero-order valence-electron chi connectivity index (χ0n) is 13.8.